The number of amides is 2. The van der Waals surface area contributed by atoms with Crippen molar-refractivity contribution in [1.29, 1.82) is 0 Å². The average molecular weight is 497 g/mol. The third-order valence-corrected chi connectivity index (χ3v) is 6.49. The Morgan fingerprint density at radius 1 is 1.20 bits per heavy atom. The molecule has 2 amide bonds. The van der Waals surface area contributed by atoms with Gasteiger partial charge in [-0.1, -0.05) is 28.1 Å². The van der Waals surface area contributed by atoms with Crippen molar-refractivity contribution in [3.63, 3.8) is 0 Å². The molecule has 30 heavy (non-hydrogen) atoms. The van der Waals surface area contributed by atoms with E-state index in [1.165, 1.54) is 0 Å². The first-order valence-electron chi connectivity index (χ1n) is 8.92. The summed E-state index contributed by atoms with van der Waals surface area (Å²) < 4.78 is 44.7. The van der Waals surface area contributed by atoms with Gasteiger partial charge in [0.2, 0.25) is 0 Å². The summed E-state index contributed by atoms with van der Waals surface area (Å²) in [7, 11) is -3.98. The van der Waals surface area contributed by atoms with Crippen LogP contribution in [-0.2, 0) is 19.4 Å². The van der Waals surface area contributed by atoms with Crippen molar-refractivity contribution in [3.8, 4) is 0 Å². The molecule has 1 aliphatic heterocycles. The number of carbonyl (C=O) groups is 2. The number of hydrogen-bond acceptors (Lipinski definition) is 5. The molecule has 158 valence electrons. The summed E-state index contributed by atoms with van der Waals surface area (Å²) in [6, 6.07) is 9.66. The molecule has 0 bridgehead atoms. The number of hydrogen-bond donors (Lipinski definition) is 2. The molecule has 0 unspecified atom stereocenters. The predicted octanol–water partition coefficient (Wildman–Crippen LogP) is 3.23. The average Bonchev–Trinajstić information content (AvgIpc) is 2.67. The highest BCUT2D eigenvalue weighted by molar-refractivity contribution is 9.10. The summed E-state index contributed by atoms with van der Waals surface area (Å²) in [5, 5.41) is 5.06. The first-order valence-corrected chi connectivity index (χ1v) is 11.4. The smallest absolute Gasteiger partial charge is 0.338 e. The van der Waals surface area contributed by atoms with Crippen molar-refractivity contribution in [2.45, 2.75) is 17.9 Å². The molecule has 2 aromatic carbocycles. The third-order valence-electron chi connectivity index (χ3n) is 4.34. The number of benzene rings is 2. The molecule has 1 atom stereocenters. The fourth-order valence-corrected chi connectivity index (χ4v) is 4.78. The second-order valence-corrected chi connectivity index (χ2v) is 9.32. The Morgan fingerprint density at radius 2 is 1.90 bits per heavy atom. The number of urea groups is 1. The van der Waals surface area contributed by atoms with Crippen LogP contribution in [0.3, 0.4) is 0 Å². The van der Waals surface area contributed by atoms with Crippen molar-refractivity contribution in [1.82, 2.24) is 10.6 Å². The van der Waals surface area contributed by atoms with Crippen molar-refractivity contribution < 1.29 is 27.1 Å². The minimum absolute atomic E-state index is 0.0137. The van der Waals surface area contributed by atoms with E-state index in [0.717, 1.165) is 28.7 Å². The van der Waals surface area contributed by atoms with Gasteiger partial charge in [0.15, 0.2) is 9.84 Å². The van der Waals surface area contributed by atoms with E-state index >= 15 is 0 Å². The summed E-state index contributed by atoms with van der Waals surface area (Å²) in [5.41, 5.74) is 0.464. The molecule has 1 heterocycles. The highest BCUT2D eigenvalue weighted by atomic mass is 79.9. The van der Waals surface area contributed by atoms with Gasteiger partial charge in [0, 0.05) is 10.2 Å². The second kappa shape index (κ2) is 8.97. The van der Waals surface area contributed by atoms with Gasteiger partial charge in [0.25, 0.3) is 0 Å². The molecule has 10 heteroatoms. The van der Waals surface area contributed by atoms with E-state index in [-0.39, 0.29) is 22.8 Å². The number of halogens is 2. The van der Waals surface area contributed by atoms with Gasteiger partial charge in [0.05, 0.1) is 28.9 Å². The van der Waals surface area contributed by atoms with E-state index in [9.17, 15) is 22.4 Å². The summed E-state index contributed by atoms with van der Waals surface area (Å²) in [4.78, 5) is 24.9. The third kappa shape index (κ3) is 4.88. The molecule has 7 nitrogen and oxygen atoms in total. The number of nitrogens with one attached hydrogen (secondary N) is 2. The highest BCUT2D eigenvalue weighted by Gasteiger charge is 2.35. The standard InChI is InChI=1S/C20H18BrFN2O5S/c1-2-29-19(25)17-16(11-30(27,28)15-8-6-14(22)7-9-15)23-20(26)24-18(17)12-4-3-5-13(21)10-12/h3-10,18H,2,11H2,1H3,(H2,23,24,26)/t18-/m1/s1. The minimum Gasteiger partial charge on any atom is -0.463 e. The molecule has 0 saturated carbocycles. The lowest BCUT2D eigenvalue weighted by Gasteiger charge is -2.29. The lowest BCUT2D eigenvalue weighted by molar-refractivity contribution is -0.139. The Balaban J connectivity index is 2.10. The molecule has 0 fully saturated rings. The molecule has 2 N–H and O–H groups in total. The highest BCUT2D eigenvalue weighted by Crippen LogP contribution is 2.30. The Hall–Kier alpha value is -2.72. The fourth-order valence-electron chi connectivity index (χ4n) is 3.03. The van der Waals surface area contributed by atoms with Crippen LogP contribution in [-0.4, -0.2) is 32.8 Å². The van der Waals surface area contributed by atoms with Gasteiger partial charge in [-0.2, -0.15) is 0 Å². The van der Waals surface area contributed by atoms with Gasteiger partial charge in [0.1, 0.15) is 5.82 Å². The van der Waals surface area contributed by atoms with Gasteiger partial charge in [-0.15, -0.1) is 0 Å². The van der Waals surface area contributed by atoms with Crippen molar-refractivity contribution in [3.05, 3.63) is 75.7 Å². The molecular formula is C20H18BrFN2O5S. The maximum Gasteiger partial charge on any atom is 0.338 e. The quantitative estimate of drug-likeness (QED) is 0.472. The van der Waals surface area contributed by atoms with Crippen LogP contribution >= 0.6 is 15.9 Å². The van der Waals surface area contributed by atoms with Gasteiger partial charge < -0.3 is 15.4 Å². The summed E-state index contributed by atoms with van der Waals surface area (Å²) in [6.07, 6.45) is 0. The summed E-state index contributed by atoms with van der Waals surface area (Å²) in [6.45, 7) is 1.69. The molecule has 1 aliphatic rings. The van der Waals surface area contributed by atoms with Crippen LogP contribution < -0.4 is 10.6 Å². The SMILES string of the molecule is CCOC(=O)C1=C(CS(=O)(=O)c2ccc(F)cc2)NC(=O)N[C@@H]1c1cccc(Br)c1. The Labute approximate surface area is 181 Å². The lowest BCUT2D eigenvalue weighted by Crippen LogP contribution is -2.47. The van der Waals surface area contributed by atoms with E-state index in [0.29, 0.717) is 5.56 Å². The lowest BCUT2D eigenvalue weighted by atomic mass is 9.95. The zero-order valence-corrected chi connectivity index (χ0v) is 18.2. The van der Waals surface area contributed by atoms with Gasteiger partial charge in [-0.05, 0) is 48.9 Å². The van der Waals surface area contributed by atoms with E-state index in [2.05, 4.69) is 26.6 Å². The minimum atomic E-state index is -3.98. The van der Waals surface area contributed by atoms with Crippen LogP contribution in [0.2, 0.25) is 0 Å². The molecule has 0 saturated heterocycles. The number of esters is 1. The van der Waals surface area contributed by atoms with Gasteiger partial charge in [-0.25, -0.2) is 22.4 Å². The number of sulfone groups is 1. The summed E-state index contributed by atoms with van der Waals surface area (Å²) in [5.74, 6) is -1.99. The normalized spacial score (nSPS) is 16.6. The zero-order chi connectivity index (χ0) is 21.9. The van der Waals surface area contributed by atoms with Crippen molar-refractivity contribution in [2.24, 2.45) is 0 Å². The Kier molecular flexibility index (Phi) is 6.57. The van der Waals surface area contributed by atoms with Crippen LogP contribution in [0.25, 0.3) is 0 Å². The van der Waals surface area contributed by atoms with Crippen molar-refractivity contribution in [2.75, 3.05) is 12.4 Å². The largest absolute Gasteiger partial charge is 0.463 e. The Bertz CT molecular complexity index is 1120. The maximum atomic E-state index is 13.2. The van der Waals surface area contributed by atoms with Crippen LogP contribution in [0, 0.1) is 5.82 Å². The van der Waals surface area contributed by atoms with E-state index in [4.69, 9.17) is 4.74 Å². The van der Waals surface area contributed by atoms with E-state index < -0.39 is 39.4 Å². The fraction of sp³-hybridized carbons (Fsp3) is 0.200. The first kappa shape index (κ1) is 22.0. The van der Waals surface area contributed by atoms with E-state index in [1.807, 2.05) is 0 Å². The number of ether oxygens (including phenoxy) is 1. The van der Waals surface area contributed by atoms with Gasteiger partial charge in [-0.3, -0.25) is 0 Å². The van der Waals surface area contributed by atoms with Crippen LogP contribution in [0.15, 0.2) is 69.2 Å². The molecule has 0 aliphatic carbocycles. The summed E-state index contributed by atoms with van der Waals surface area (Å²) >= 11 is 3.34. The zero-order valence-electron chi connectivity index (χ0n) is 15.8. The molecular weight excluding hydrogens is 479 g/mol. The Morgan fingerprint density at radius 3 is 2.53 bits per heavy atom. The van der Waals surface area contributed by atoms with Gasteiger partial charge >= 0.3 is 12.0 Å². The van der Waals surface area contributed by atoms with E-state index in [1.54, 1.807) is 31.2 Å². The topological polar surface area (TPSA) is 102 Å². The molecule has 2 aromatic rings. The van der Waals surface area contributed by atoms with Crippen LogP contribution in [0.5, 0.6) is 0 Å². The molecule has 0 spiro atoms. The monoisotopic (exact) mass is 496 g/mol. The first-order chi connectivity index (χ1) is 14.2. The molecule has 0 aromatic heterocycles. The number of carbonyl (C=O) groups excluding carboxylic acids is 2. The van der Waals surface area contributed by atoms with Crippen LogP contribution in [0.1, 0.15) is 18.5 Å². The maximum absolute atomic E-state index is 13.2. The predicted molar refractivity (Wildman–Crippen MR) is 111 cm³/mol. The van der Waals surface area contributed by atoms with Crippen LogP contribution in [0.4, 0.5) is 9.18 Å². The molecule has 0 radical (unpaired) electrons. The van der Waals surface area contributed by atoms with Crippen molar-refractivity contribution >= 4 is 37.8 Å². The number of rotatable bonds is 6. The second-order valence-electron chi connectivity index (χ2n) is 6.41. The molecule has 3 rings (SSSR count).